The molecule has 24 heavy (non-hydrogen) atoms. The van der Waals surface area contributed by atoms with Crippen molar-refractivity contribution in [2.24, 2.45) is 7.05 Å². The van der Waals surface area contributed by atoms with E-state index in [0.29, 0.717) is 18.8 Å². The third kappa shape index (κ3) is 3.89. The smallest absolute Gasteiger partial charge is 0.274 e. The van der Waals surface area contributed by atoms with Crippen LogP contribution in [0.3, 0.4) is 0 Å². The summed E-state index contributed by atoms with van der Waals surface area (Å²) in [5.74, 6) is -0.0375. The highest BCUT2D eigenvalue weighted by Crippen LogP contribution is 2.18. The third-order valence-electron chi connectivity index (χ3n) is 3.88. The molecule has 124 valence electrons. The minimum Gasteiger partial charge on any atom is -0.332 e. The van der Waals surface area contributed by atoms with Crippen molar-refractivity contribution < 1.29 is 4.79 Å². The molecule has 3 aromatic rings. The molecule has 0 saturated carbocycles. The number of benzene rings is 1. The van der Waals surface area contributed by atoms with Crippen molar-refractivity contribution in [3.63, 3.8) is 0 Å². The molecule has 6 heteroatoms. The van der Waals surface area contributed by atoms with Crippen molar-refractivity contribution in [2.45, 2.75) is 19.9 Å². The van der Waals surface area contributed by atoms with Gasteiger partial charge in [0.15, 0.2) is 0 Å². The molecule has 0 unspecified atom stereocenters. The molecular weight excluding hydrogens is 320 g/mol. The third-order valence-corrected chi connectivity index (χ3v) is 4.86. The van der Waals surface area contributed by atoms with E-state index in [-0.39, 0.29) is 5.91 Å². The molecule has 0 radical (unpaired) electrons. The van der Waals surface area contributed by atoms with Gasteiger partial charge in [0.25, 0.3) is 5.91 Å². The summed E-state index contributed by atoms with van der Waals surface area (Å²) < 4.78 is 1.53. The van der Waals surface area contributed by atoms with Gasteiger partial charge in [0, 0.05) is 23.3 Å². The van der Waals surface area contributed by atoms with Crippen molar-refractivity contribution in [3.8, 4) is 0 Å². The van der Waals surface area contributed by atoms with Crippen molar-refractivity contribution in [1.82, 2.24) is 19.9 Å². The van der Waals surface area contributed by atoms with Crippen molar-refractivity contribution in [3.05, 3.63) is 69.7 Å². The summed E-state index contributed by atoms with van der Waals surface area (Å²) in [6.07, 6.45) is 2.35. The van der Waals surface area contributed by atoms with Crippen LogP contribution < -0.4 is 0 Å². The number of carbonyl (C=O) groups is 1. The Balaban J connectivity index is 1.77. The fourth-order valence-corrected chi connectivity index (χ4v) is 3.47. The highest BCUT2D eigenvalue weighted by atomic mass is 32.1. The summed E-state index contributed by atoms with van der Waals surface area (Å²) in [5, 5.41) is 7.69. The number of thiophene rings is 1. The lowest BCUT2D eigenvalue weighted by molar-refractivity contribution is 0.0735. The van der Waals surface area contributed by atoms with Crippen LogP contribution in [0.15, 0.2) is 48.7 Å². The fraction of sp³-hybridized carbons (Fsp3) is 0.278. The first kappa shape index (κ1) is 16.4. The first-order valence-electron chi connectivity index (χ1n) is 7.86. The topological polar surface area (TPSA) is 51.0 Å². The minimum atomic E-state index is -0.0375. The Morgan fingerprint density at radius 2 is 2.00 bits per heavy atom. The van der Waals surface area contributed by atoms with E-state index >= 15 is 0 Å². The standard InChI is InChI=1S/C18H20N4OS/c1-14-8-9-16(24-14)13-22(11-10-15-6-4-3-5-7-15)18(23)17-12-19-20-21(17)2/h3-9,12H,10-11,13H2,1-2H3. The molecule has 0 aliphatic carbocycles. The van der Waals surface area contributed by atoms with E-state index in [4.69, 9.17) is 0 Å². The molecule has 0 fully saturated rings. The quantitative estimate of drug-likeness (QED) is 0.693. The van der Waals surface area contributed by atoms with Crippen molar-refractivity contribution >= 4 is 17.2 Å². The molecular formula is C18H20N4OS. The normalized spacial score (nSPS) is 10.8. The lowest BCUT2D eigenvalue weighted by Gasteiger charge is -2.22. The zero-order valence-corrected chi connectivity index (χ0v) is 14.7. The average Bonchev–Trinajstić information content (AvgIpc) is 3.20. The van der Waals surface area contributed by atoms with Gasteiger partial charge in [-0.15, -0.1) is 16.4 Å². The number of hydrogen-bond donors (Lipinski definition) is 0. The Morgan fingerprint density at radius 3 is 2.62 bits per heavy atom. The van der Waals surface area contributed by atoms with E-state index in [1.54, 1.807) is 18.4 Å². The van der Waals surface area contributed by atoms with Crippen LogP contribution in [-0.4, -0.2) is 32.3 Å². The SMILES string of the molecule is Cc1ccc(CN(CCc2ccccc2)C(=O)c2cnnn2C)s1. The maximum absolute atomic E-state index is 12.9. The second kappa shape index (κ2) is 7.40. The molecule has 0 saturated heterocycles. The highest BCUT2D eigenvalue weighted by molar-refractivity contribution is 7.11. The van der Waals surface area contributed by atoms with E-state index < -0.39 is 0 Å². The number of carbonyl (C=O) groups excluding carboxylic acids is 1. The van der Waals surface area contributed by atoms with Crippen LogP contribution in [0.2, 0.25) is 0 Å². The van der Waals surface area contributed by atoms with Gasteiger partial charge in [-0.2, -0.15) is 0 Å². The van der Waals surface area contributed by atoms with Crippen molar-refractivity contribution in [2.75, 3.05) is 6.54 Å². The largest absolute Gasteiger partial charge is 0.332 e. The molecule has 0 aliphatic rings. The van der Waals surface area contributed by atoms with Crippen LogP contribution in [0.25, 0.3) is 0 Å². The van der Waals surface area contributed by atoms with Gasteiger partial charge in [-0.25, -0.2) is 4.68 Å². The minimum absolute atomic E-state index is 0.0375. The van der Waals surface area contributed by atoms with Gasteiger partial charge >= 0.3 is 0 Å². The monoisotopic (exact) mass is 340 g/mol. The number of aromatic nitrogens is 3. The van der Waals surface area contributed by atoms with Gasteiger partial charge in [-0.1, -0.05) is 35.5 Å². The Labute approximate surface area is 145 Å². The number of hydrogen-bond acceptors (Lipinski definition) is 4. The van der Waals surface area contributed by atoms with Crippen LogP contribution in [0.5, 0.6) is 0 Å². The predicted octanol–water partition coefficient (Wildman–Crippen LogP) is 3.07. The van der Waals surface area contributed by atoms with E-state index in [0.717, 1.165) is 6.42 Å². The summed E-state index contributed by atoms with van der Waals surface area (Å²) in [4.78, 5) is 17.2. The Hall–Kier alpha value is -2.47. The first-order chi connectivity index (χ1) is 11.6. The molecule has 0 spiro atoms. The van der Waals surface area contributed by atoms with Gasteiger partial charge in [-0.05, 0) is 31.0 Å². The van der Waals surface area contributed by atoms with Crippen LogP contribution in [0.4, 0.5) is 0 Å². The average molecular weight is 340 g/mol. The Morgan fingerprint density at radius 1 is 1.21 bits per heavy atom. The lowest BCUT2D eigenvalue weighted by atomic mass is 10.1. The molecule has 1 aromatic carbocycles. The number of aryl methyl sites for hydroxylation is 2. The maximum Gasteiger partial charge on any atom is 0.274 e. The second-order valence-corrected chi connectivity index (χ2v) is 7.09. The molecule has 0 bridgehead atoms. The zero-order chi connectivity index (χ0) is 16.9. The summed E-state index contributed by atoms with van der Waals surface area (Å²) >= 11 is 1.72. The summed E-state index contributed by atoms with van der Waals surface area (Å²) in [6.45, 7) is 3.34. The molecule has 5 nitrogen and oxygen atoms in total. The Kier molecular flexibility index (Phi) is 5.05. The maximum atomic E-state index is 12.9. The molecule has 2 heterocycles. The zero-order valence-electron chi connectivity index (χ0n) is 13.8. The van der Waals surface area contributed by atoms with Gasteiger partial charge in [0.05, 0.1) is 12.7 Å². The van der Waals surface area contributed by atoms with E-state index in [1.165, 1.54) is 26.2 Å². The van der Waals surface area contributed by atoms with Gasteiger partial charge in [-0.3, -0.25) is 4.79 Å². The molecule has 0 N–H and O–H groups in total. The van der Waals surface area contributed by atoms with Crippen LogP contribution in [-0.2, 0) is 20.0 Å². The number of amides is 1. The predicted molar refractivity (Wildman–Crippen MR) is 94.9 cm³/mol. The number of nitrogens with zero attached hydrogens (tertiary/aromatic N) is 4. The summed E-state index contributed by atoms with van der Waals surface area (Å²) in [7, 11) is 1.74. The summed E-state index contributed by atoms with van der Waals surface area (Å²) in [5.41, 5.74) is 1.73. The summed E-state index contributed by atoms with van der Waals surface area (Å²) in [6, 6.07) is 14.4. The molecule has 3 rings (SSSR count). The number of rotatable bonds is 6. The van der Waals surface area contributed by atoms with Crippen LogP contribution >= 0.6 is 11.3 Å². The van der Waals surface area contributed by atoms with Crippen molar-refractivity contribution in [1.29, 1.82) is 0 Å². The highest BCUT2D eigenvalue weighted by Gasteiger charge is 2.20. The lowest BCUT2D eigenvalue weighted by Crippen LogP contribution is -2.33. The molecule has 0 atom stereocenters. The fourth-order valence-electron chi connectivity index (χ4n) is 2.56. The second-order valence-electron chi connectivity index (χ2n) is 5.72. The molecule has 1 amide bonds. The van der Waals surface area contributed by atoms with Gasteiger partial charge < -0.3 is 4.90 Å². The van der Waals surface area contributed by atoms with Gasteiger partial charge in [0.1, 0.15) is 5.69 Å². The molecule has 0 aliphatic heterocycles. The van der Waals surface area contributed by atoms with Crippen LogP contribution in [0, 0.1) is 6.92 Å². The molecule has 2 aromatic heterocycles. The van der Waals surface area contributed by atoms with E-state index in [9.17, 15) is 4.79 Å². The van der Waals surface area contributed by atoms with E-state index in [1.807, 2.05) is 23.1 Å². The van der Waals surface area contributed by atoms with Crippen LogP contribution in [0.1, 0.15) is 25.8 Å². The first-order valence-corrected chi connectivity index (χ1v) is 8.68. The van der Waals surface area contributed by atoms with Gasteiger partial charge in [0.2, 0.25) is 0 Å². The van der Waals surface area contributed by atoms with E-state index in [2.05, 4.69) is 41.5 Å². The Bertz CT molecular complexity index is 809.